The van der Waals surface area contributed by atoms with Crippen LogP contribution in [0.1, 0.15) is 161 Å². The van der Waals surface area contributed by atoms with Crippen molar-refractivity contribution in [2.75, 3.05) is 12.4 Å². The van der Waals surface area contributed by atoms with E-state index in [-0.39, 0.29) is 42.8 Å². The molecular formula is C37H68OS. The van der Waals surface area contributed by atoms with Crippen molar-refractivity contribution in [2.24, 2.45) is 16.2 Å². The summed E-state index contributed by atoms with van der Waals surface area (Å²) in [6.45, 7) is 45.8. The molecule has 1 aromatic rings. The van der Waals surface area contributed by atoms with E-state index in [1.54, 1.807) is 0 Å². The second-order valence-corrected chi connectivity index (χ2v) is 20.3. The lowest BCUT2D eigenvalue weighted by atomic mass is 9.57. The lowest BCUT2D eigenvalue weighted by Gasteiger charge is -2.48. The van der Waals surface area contributed by atoms with E-state index in [1.165, 1.54) is 29.5 Å². The first kappa shape index (κ1) is 36.6. The van der Waals surface area contributed by atoms with Crippen molar-refractivity contribution >= 4 is 11.8 Å². The van der Waals surface area contributed by atoms with E-state index in [4.69, 9.17) is 4.74 Å². The Labute approximate surface area is 250 Å². The van der Waals surface area contributed by atoms with Crippen LogP contribution in [0.15, 0.2) is 18.2 Å². The zero-order valence-corrected chi connectivity index (χ0v) is 30.7. The van der Waals surface area contributed by atoms with Crippen LogP contribution in [-0.4, -0.2) is 22.7 Å². The Bertz CT molecular complexity index is 939. The Hall–Kier alpha value is -0.470. The summed E-state index contributed by atoms with van der Waals surface area (Å²) in [4.78, 5) is 0. The molecule has 0 N–H and O–H groups in total. The molecule has 0 radical (unpaired) electrons. The van der Waals surface area contributed by atoms with Crippen LogP contribution in [0.25, 0.3) is 0 Å². The van der Waals surface area contributed by atoms with Crippen molar-refractivity contribution < 1.29 is 4.74 Å². The third kappa shape index (κ3) is 10.1. The highest BCUT2D eigenvalue weighted by atomic mass is 32.2. The minimum absolute atomic E-state index is 0.0290. The van der Waals surface area contributed by atoms with Crippen LogP contribution in [0, 0.1) is 16.2 Å². The van der Waals surface area contributed by atoms with Crippen molar-refractivity contribution in [3.05, 3.63) is 34.9 Å². The second-order valence-electron chi connectivity index (χ2n) is 18.5. The van der Waals surface area contributed by atoms with E-state index in [9.17, 15) is 0 Å². The second kappa shape index (κ2) is 11.7. The molecule has 0 atom stereocenters. The minimum Gasteiger partial charge on any atom is -0.374 e. The molecule has 0 aliphatic heterocycles. The molecule has 0 amide bonds. The number of hydrogen-bond acceptors (Lipinski definition) is 2. The molecule has 0 bridgehead atoms. The normalized spacial score (nSPS) is 15.2. The molecule has 0 unspecified atom stereocenters. The monoisotopic (exact) mass is 560 g/mol. The first-order valence-corrected chi connectivity index (χ1v) is 16.4. The Kier molecular flexibility index (Phi) is 10.9. The predicted octanol–water partition coefficient (Wildman–Crippen LogP) is 11.7. The smallest absolute Gasteiger partial charge is 0.0614 e. The Morgan fingerprint density at radius 3 is 1.44 bits per heavy atom. The van der Waals surface area contributed by atoms with E-state index in [1.807, 2.05) is 0 Å². The fourth-order valence-electron chi connectivity index (χ4n) is 5.15. The van der Waals surface area contributed by atoms with E-state index in [2.05, 4.69) is 162 Å². The van der Waals surface area contributed by atoms with Gasteiger partial charge >= 0.3 is 0 Å². The number of ether oxygens (including phenoxy) is 1. The van der Waals surface area contributed by atoms with Gasteiger partial charge in [-0.05, 0) is 102 Å². The predicted molar refractivity (Wildman–Crippen MR) is 180 cm³/mol. The van der Waals surface area contributed by atoms with E-state index in [0.717, 1.165) is 12.4 Å². The lowest BCUT2D eigenvalue weighted by Crippen LogP contribution is -2.41. The third-order valence-corrected chi connectivity index (χ3v) is 11.2. The van der Waals surface area contributed by atoms with Gasteiger partial charge in [0.05, 0.1) is 12.2 Å². The summed E-state index contributed by atoms with van der Waals surface area (Å²) >= 11 is 2.06. The van der Waals surface area contributed by atoms with Gasteiger partial charge < -0.3 is 4.74 Å². The van der Waals surface area contributed by atoms with Gasteiger partial charge in [-0.2, -0.15) is 11.8 Å². The molecule has 2 heteroatoms. The molecule has 1 rings (SSSR count). The molecular weight excluding hydrogens is 492 g/mol. The molecule has 228 valence electrons. The van der Waals surface area contributed by atoms with Gasteiger partial charge in [0, 0.05) is 4.75 Å². The molecule has 1 aromatic carbocycles. The summed E-state index contributed by atoms with van der Waals surface area (Å²) in [5.41, 5.74) is 5.09. The van der Waals surface area contributed by atoms with Gasteiger partial charge in [0.25, 0.3) is 0 Å². The summed E-state index contributed by atoms with van der Waals surface area (Å²) in [7, 11) is 0. The average Bonchev–Trinajstić information content (AvgIpc) is 2.68. The lowest BCUT2D eigenvalue weighted by molar-refractivity contribution is -0.0110. The van der Waals surface area contributed by atoms with Gasteiger partial charge in [0.15, 0.2) is 0 Å². The number of hydrogen-bond donors (Lipinski definition) is 0. The van der Waals surface area contributed by atoms with Crippen LogP contribution in [0.3, 0.4) is 0 Å². The Morgan fingerprint density at radius 2 is 1.03 bits per heavy atom. The number of benzene rings is 1. The third-order valence-electron chi connectivity index (χ3n) is 9.85. The Morgan fingerprint density at radius 1 is 0.590 bits per heavy atom. The summed E-state index contributed by atoms with van der Waals surface area (Å²) in [6, 6.07) is 7.55. The zero-order valence-electron chi connectivity index (χ0n) is 29.9. The van der Waals surface area contributed by atoms with Gasteiger partial charge in [-0.1, -0.05) is 115 Å². The van der Waals surface area contributed by atoms with Crippen LogP contribution < -0.4 is 0 Å². The molecule has 0 saturated carbocycles. The number of rotatable bonds is 11. The highest BCUT2D eigenvalue weighted by Gasteiger charge is 2.43. The van der Waals surface area contributed by atoms with Crippen molar-refractivity contribution in [1.29, 1.82) is 0 Å². The summed E-state index contributed by atoms with van der Waals surface area (Å²) in [5, 5.41) is 0. The maximum absolute atomic E-state index is 6.12. The van der Waals surface area contributed by atoms with Crippen molar-refractivity contribution in [2.45, 2.75) is 171 Å². The Balaban J connectivity index is 3.27. The molecule has 0 aliphatic rings. The molecule has 0 spiro atoms. The SMILES string of the molecule is CC(C)(CCSC(C)(C)COC(C)(C)C)CC(C)(C)C(C)(C)c1cc(C(C)(C)C)cc(C(C)(C)C(C)(C)C)c1. The van der Waals surface area contributed by atoms with Crippen LogP contribution in [0.5, 0.6) is 0 Å². The molecule has 0 fully saturated rings. The van der Waals surface area contributed by atoms with Crippen LogP contribution in [-0.2, 0) is 21.0 Å². The highest BCUT2D eigenvalue weighted by molar-refractivity contribution is 8.00. The van der Waals surface area contributed by atoms with Crippen molar-refractivity contribution in [3.63, 3.8) is 0 Å². The van der Waals surface area contributed by atoms with Gasteiger partial charge in [0.2, 0.25) is 0 Å². The van der Waals surface area contributed by atoms with Crippen molar-refractivity contribution in [1.82, 2.24) is 0 Å². The summed E-state index contributed by atoms with van der Waals surface area (Å²) < 4.78 is 6.24. The zero-order chi connectivity index (χ0) is 31.1. The van der Waals surface area contributed by atoms with Gasteiger partial charge in [-0.25, -0.2) is 0 Å². The first-order chi connectivity index (χ1) is 16.9. The van der Waals surface area contributed by atoms with E-state index >= 15 is 0 Å². The molecule has 0 aromatic heterocycles. The molecule has 0 aliphatic carbocycles. The largest absolute Gasteiger partial charge is 0.374 e. The van der Waals surface area contributed by atoms with Gasteiger partial charge in [-0.3, -0.25) is 0 Å². The molecule has 39 heavy (non-hydrogen) atoms. The van der Waals surface area contributed by atoms with Crippen LogP contribution in [0.4, 0.5) is 0 Å². The minimum atomic E-state index is -0.0844. The van der Waals surface area contributed by atoms with Gasteiger partial charge in [0.1, 0.15) is 0 Å². The van der Waals surface area contributed by atoms with Gasteiger partial charge in [-0.15, -0.1) is 0 Å². The highest BCUT2D eigenvalue weighted by Crippen LogP contribution is 2.51. The fraction of sp³-hybridized carbons (Fsp3) is 0.838. The fourth-order valence-corrected chi connectivity index (χ4v) is 6.50. The quantitative estimate of drug-likeness (QED) is 0.266. The van der Waals surface area contributed by atoms with E-state index < -0.39 is 0 Å². The maximum atomic E-state index is 6.12. The van der Waals surface area contributed by atoms with Crippen LogP contribution >= 0.6 is 11.8 Å². The molecule has 0 heterocycles. The maximum Gasteiger partial charge on any atom is 0.0614 e. The standard InChI is InChI=1S/C37H68OS/c1-30(2,3)27-22-28(36(16,17)31(4,5)6)24-29(23-27)37(18,19)34(12,13)25-33(10,11)20-21-39-35(14,15)26-38-32(7,8)9/h22-24H,20-21,25-26H2,1-19H3. The number of thioether (sulfide) groups is 1. The summed E-state index contributed by atoms with van der Waals surface area (Å²) in [6.07, 6.45) is 2.39. The molecule has 1 nitrogen and oxygen atoms in total. The first-order valence-electron chi connectivity index (χ1n) is 15.4. The molecule has 0 saturated heterocycles. The van der Waals surface area contributed by atoms with E-state index in [0.29, 0.717) is 0 Å². The summed E-state index contributed by atoms with van der Waals surface area (Å²) in [5.74, 6) is 1.16. The van der Waals surface area contributed by atoms with Crippen molar-refractivity contribution in [3.8, 4) is 0 Å². The topological polar surface area (TPSA) is 9.23 Å². The average molecular weight is 561 g/mol. The van der Waals surface area contributed by atoms with Crippen LogP contribution in [0.2, 0.25) is 0 Å².